The Bertz CT molecular complexity index is 1190. The first-order valence-corrected chi connectivity index (χ1v) is 12.2. The van der Waals surface area contributed by atoms with Gasteiger partial charge in [-0.25, -0.2) is 8.42 Å². The molecule has 1 saturated carbocycles. The van der Waals surface area contributed by atoms with Crippen molar-refractivity contribution in [1.29, 1.82) is 0 Å². The van der Waals surface area contributed by atoms with Gasteiger partial charge in [-0.15, -0.1) is 0 Å². The molecule has 1 heterocycles. The number of carbonyl (C=O) groups excluding carboxylic acids is 2. The highest BCUT2D eigenvalue weighted by Crippen LogP contribution is 2.47. The van der Waals surface area contributed by atoms with Gasteiger partial charge < -0.3 is 19.5 Å². The molecule has 1 aliphatic heterocycles. The molecule has 0 saturated heterocycles. The van der Waals surface area contributed by atoms with Gasteiger partial charge in [0.25, 0.3) is 11.7 Å². The van der Waals surface area contributed by atoms with Gasteiger partial charge in [0.15, 0.2) is 18.1 Å². The highest BCUT2D eigenvalue weighted by Gasteiger charge is 2.44. The minimum atomic E-state index is -3.87. The van der Waals surface area contributed by atoms with Crippen LogP contribution in [0, 0.1) is 13.8 Å². The van der Waals surface area contributed by atoms with Gasteiger partial charge in [0.05, 0.1) is 4.90 Å². The number of fused-ring (bicyclic) bond motifs is 1. The number of ether oxygens (including phenoxy) is 3. The van der Waals surface area contributed by atoms with Gasteiger partial charge in [0.1, 0.15) is 6.54 Å². The highest BCUT2D eigenvalue weighted by atomic mass is 32.2. The molecule has 1 fully saturated rings. The van der Waals surface area contributed by atoms with Gasteiger partial charge >= 0.3 is 5.97 Å². The van der Waals surface area contributed by atoms with E-state index >= 15 is 0 Å². The first-order valence-electron chi connectivity index (χ1n) is 10.7. The molecule has 0 aromatic heterocycles. The third kappa shape index (κ3) is 5.28. The first kappa shape index (κ1) is 23.1. The SMILES string of the molecule is Cc1ccc(S(=O)(=O)NCC(=O)OCC(=O)Nc2ccc3c(c2)OC2(CCCC2)O3)cc1C. The smallest absolute Gasteiger partial charge is 0.321 e. The molecule has 2 aliphatic rings. The predicted molar refractivity (Wildman–Crippen MR) is 120 cm³/mol. The molecule has 0 atom stereocenters. The molecular weight excluding hydrogens is 448 g/mol. The van der Waals surface area contributed by atoms with Crippen molar-refractivity contribution in [1.82, 2.24) is 4.72 Å². The largest absolute Gasteiger partial charge is 0.455 e. The topological polar surface area (TPSA) is 120 Å². The summed E-state index contributed by atoms with van der Waals surface area (Å²) in [5.74, 6) is -0.823. The number of amides is 1. The Morgan fingerprint density at radius 1 is 1.00 bits per heavy atom. The van der Waals surface area contributed by atoms with Gasteiger partial charge in [-0.05, 0) is 62.1 Å². The number of esters is 1. The molecule has 0 unspecified atom stereocenters. The molecule has 0 bridgehead atoms. The van der Waals surface area contributed by atoms with Crippen molar-refractivity contribution in [2.75, 3.05) is 18.5 Å². The maximum absolute atomic E-state index is 12.3. The van der Waals surface area contributed by atoms with Crippen molar-refractivity contribution < 1.29 is 32.2 Å². The van der Waals surface area contributed by atoms with E-state index in [0.29, 0.717) is 17.2 Å². The van der Waals surface area contributed by atoms with E-state index in [-0.39, 0.29) is 4.90 Å². The zero-order valence-electron chi connectivity index (χ0n) is 18.5. The Labute approximate surface area is 192 Å². The summed E-state index contributed by atoms with van der Waals surface area (Å²) in [6.45, 7) is 2.53. The molecule has 9 nitrogen and oxygen atoms in total. The predicted octanol–water partition coefficient (Wildman–Crippen LogP) is 2.81. The second kappa shape index (κ2) is 9.03. The number of hydrogen-bond acceptors (Lipinski definition) is 7. The van der Waals surface area contributed by atoms with Crippen molar-refractivity contribution in [2.24, 2.45) is 0 Å². The Balaban J connectivity index is 1.25. The van der Waals surface area contributed by atoms with Crippen LogP contribution in [0.2, 0.25) is 0 Å². The van der Waals surface area contributed by atoms with Crippen LogP contribution in [0.4, 0.5) is 5.69 Å². The van der Waals surface area contributed by atoms with E-state index < -0.39 is 40.8 Å². The monoisotopic (exact) mass is 474 g/mol. The third-order valence-corrected chi connectivity index (χ3v) is 7.14. The van der Waals surface area contributed by atoms with Crippen LogP contribution in [0.5, 0.6) is 11.5 Å². The second-order valence-electron chi connectivity index (χ2n) is 8.26. The summed E-state index contributed by atoms with van der Waals surface area (Å²) in [4.78, 5) is 24.1. The highest BCUT2D eigenvalue weighted by molar-refractivity contribution is 7.89. The fourth-order valence-electron chi connectivity index (χ4n) is 3.80. The lowest BCUT2D eigenvalue weighted by Gasteiger charge is -2.21. The summed E-state index contributed by atoms with van der Waals surface area (Å²) in [6.07, 6.45) is 3.74. The zero-order valence-corrected chi connectivity index (χ0v) is 19.3. The summed E-state index contributed by atoms with van der Waals surface area (Å²) < 4.78 is 43.7. The summed E-state index contributed by atoms with van der Waals surface area (Å²) in [7, 11) is -3.87. The van der Waals surface area contributed by atoms with Crippen LogP contribution in [0.25, 0.3) is 0 Å². The second-order valence-corrected chi connectivity index (χ2v) is 10.0. The fourth-order valence-corrected chi connectivity index (χ4v) is 4.86. The molecule has 0 radical (unpaired) electrons. The number of hydrogen-bond donors (Lipinski definition) is 2. The Morgan fingerprint density at radius 2 is 1.73 bits per heavy atom. The number of benzene rings is 2. The van der Waals surface area contributed by atoms with Crippen LogP contribution in [0.15, 0.2) is 41.3 Å². The molecule has 33 heavy (non-hydrogen) atoms. The van der Waals surface area contributed by atoms with E-state index in [9.17, 15) is 18.0 Å². The van der Waals surface area contributed by atoms with E-state index in [2.05, 4.69) is 10.0 Å². The van der Waals surface area contributed by atoms with Crippen LogP contribution < -0.4 is 19.5 Å². The van der Waals surface area contributed by atoms with Crippen molar-refractivity contribution in [3.8, 4) is 11.5 Å². The average Bonchev–Trinajstić information content (AvgIpc) is 3.38. The van der Waals surface area contributed by atoms with Crippen molar-refractivity contribution in [2.45, 2.75) is 50.2 Å². The van der Waals surface area contributed by atoms with Gasteiger partial charge in [-0.3, -0.25) is 9.59 Å². The molecule has 2 N–H and O–H groups in total. The molecule has 1 spiro atoms. The van der Waals surface area contributed by atoms with E-state index in [1.165, 1.54) is 12.1 Å². The zero-order chi connectivity index (χ0) is 23.6. The van der Waals surface area contributed by atoms with Gasteiger partial charge in [0.2, 0.25) is 10.0 Å². The lowest BCUT2D eigenvalue weighted by atomic mass is 10.1. The number of aryl methyl sites for hydroxylation is 2. The van der Waals surface area contributed by atoms with Crippen LogP contribution in [-0.4, -0.2) is 39.2 Å². The molecule has 2 aromatic carbocycles. The summed E-state index contributed by atoms with van der Waals surface area (Å²) in [6, 6.07) is 9.75. The van der Waals surface area contributed by atoms with Gasteiger partial charge in [0, 0.05) is 24.6 Å². The Kier molecular flexibility index (Phi) is 6.31. The molecule has 1 aliphatic carbocycles. The summed E-state index contributed by atoms with van der Waals surface area (Å²) >= 11 is 0. The summed E-state index contributed by atoms with van der Waals surface area (Å²) in [5.41, 5.74) is 2.25. The van der Waals surface area contributed by atoms with Gasteiger partial charge in [-0.1, -0.05) is 6.07 Å². The maximum atomic E-state index is 12.3. The fraction of sp³-hybridized carbons (Fsp3) is 0.391. The van der Waals surface area contributed by atoms with Crippen molar-refractivity contribution in [3.05, 3.63) is 47.5 Å². The minimum absolute atomic E-state index is 0.0540. The first-order chi connectivity index (χ1) is 15.7. The standard InChI is InChI=1S/C23H26N2O7S/c1-15-5-7-18(11-16(15)2)33(28,29)24-13-22(27)30-14-21(26)25-17-6-8-19-20(12-17)32-23(31-19)9-3-4-10-23/h5-8,11-12,24H,3-4,9-10,13-14H2,1-2H3,(H,25,26). The number of anilines is 1. The van der Waals surface area contributed by atoms with E-state index in [4.69, 9.17) is 14.2 Å². The minimum Gasteiger partial charge on any atom is -0.455 e. The van der Waals surface area contributed by atoms with Crippen LogP contribution in [-0.2, 0) is 24.3 Å². The average molecular weight is 475 g/mol. The van der Waals surface area contributed by atoms with E-state index in [0.717, 1.165) is 36.8 Å². The number of nitrogens with one attached hydrogen (secondary N) is 2. The molecular formula is C23H26N2O7S. The van der Waals surface area contributed by atoms with E-state index in [1.807, 2.05) is 6.92 Å². The third-order valence-electron chi connectivity index (χ3n) is 5.74. The molecule has 176 valence electrons. The lowest BCUT2D eigenvalue weighted by Crippen LogP contribution is -2.34. The Morgan fingerprint density at radius 3 is 2.45 bits per heavy atom. The lowest BCUT2D eigenvalue weighted by molar-refractivity contribution is -0.146. The number of sulfonamides is 1. The van der Waals surface area contributed by atoms with Crippen LogP contribution in [0.1, 0.15) is 36.8 Å². The summed E-state index contributed by atoms with van der Waals surface area (Å²) in [5, 5.41) is 2.63. The van der Waals surface area contributed by atoms with Crippen LogP contribution in [0.3, 0.4) is 0 Å². The molecule has 2 aromatic rings. The van der Waals surface area contributed by atoms with E-state index in [1.54, 1.807) is 31.2 Å². The van der Waals surface area contributed by atoms with Gasteiger partial charge in [-0.2, -0.15) is 4.72 Å². The number of rotatable bonds is 7. The van der Waals surface area contributed by atoms with Crippen LogP contribution >= 0.6 is 0 Å². The number of carbonyl (C=O) groups is 2. The maximum Gasteiger partial charge on any atom is 0.321 e. The van der Waals surface area contributed by atoms with Crippen molar-refractivity contribution in [3.63, 3.8) is 0 Å². The molecule has 1 amide bonds. The normalized spacial score (nSPS) is 16.1. The Hall–Kier alpha value is -3.11. The van der Waals surface area contributed by atoms with Crippen molar-refractivity contribution >= 4 is 27.6 Å². The molecule has 4 rings (SSSR count). The molecule has 10 heteroatoms. The quantitative estimate of drug-likeness (QED) is 0.592.